The van der Waals surface area contributed by atoms with E-state index in [0.29, 0.717) is 6.54 Å². The third-order valence-electron chi connectivity index (χ3n) is 6.83. The smallest absolute Gasteiger partial charge is 0.236 e. The Balaban J connectivity index is 1.28. The molecule has 1 fully saturated rings. The minimum absolute atomic E-state index is 0.192. The maximum atomic E-state index is 12.1. The molecular weight excluding hydrogens is 408 g/mol. The van der Waals surface area contributed by atoms with E-state index in [4.69, 9.17) is 4.98 Å². The molecule has 33 heavy (non-hydrogen) atoms. The fourth-order valence-electron chi connectivity index (χ4n) is 4.90. The van der Waals surface area contributed by atoms with Crippen LogP contribution in [-0.4, -0.2) is 52.4 Å². The maximum absolute atomic E-state index is 12.1. The molecule has 0 spiro atoms. The standard InChI is InChI=1S/C28H26N4O/c1-31-11-12-32(18-28(31)33)17-19-3-2-4-20(13-19)23-15-25-24(6-8-27(25)30-16-23)21-5-7-26-22(14-21)9-10-29-26/h2-7,9-10,13-16,29H,8,11-12,17-18H2,1H3. The van der Waals surface area contributed by atoms with E-state index in [-0.39, 0.29) is 5.91 Å². The summed E-state index contributed by atoms with van der Waals surface area (Å²) >= 11 is 0. The molecule has 4 aromatic rings. The number of likely N-dealkylation sites (N-methyl/N-ethyl adjacent to an activating group) is 1. The summed E-state index contributed by atoms with van der Waals surface area (Å²) in [6.07, 6.45) is 7.13. The molecule has 1 aliphatic heterocycles. The number of carbonyl (C=O) groups is 1. The Morgan fingerprint density at radius 1 is 1.00 bits per heavy atom. The van der Waals surface area contributed by atoms with E-state index in [1.165, 1.54) is 27.6 Å². The zero-order valence-corrected chi connectivity index (χ0v) is 18.7. The highest BCUT2D eigenvalue weighted by Gasteiger charge is 2.21. The van der Waals surface area contributed by atoms with Gasteiger partial charge in [-0.05, 0) is 58.0 Å². The number of hydrogen-bond acceptors (Lipinski definition) is 3. The highest BCUT2D eigenvalue weighted by Crippen LogP contribution is 2.35. The van der Waals surface area contributed by atoms with E-state index in [9.17, 15) is 4.79 Å². The average molecular weight is 435 g/mol. The summed E-state index contributed by atoms with van der Waals surface area (Å²) in [4.78, 5) is 24.2. The number of hydrogen-bond donors (Lipinski definition) is 1. The fraction of sp³-hybridized carbons (Fsp3) is 0.214. The molecule has 0 unspecified atom stereocenters. The van der Waals surface area contributed by atoms with Crippen LogP contribution in [-0.2, 0) is 17.8 Å². The molecule has 0 saturated carbocycles. The molecule has 1 N–H and O–H groups in total. The molecule has 2 aromatic carbocycles. The summed E-state index contributed by atoms with van der Waals surface area (Å²) in [5.41, 5.74) is 9.51. The van der Waals surface area contributed by atoms with Crippen LogP contribution in [0.5, 0.6) is 0 Å². The number of aromatic nitrogens is 2. The monoisotopic (exact) mass is 434 g/mol. The predicted molar refractivity (Wildman–Crippen MR) is 132 cm³/mol. The first-order valence-electron chi connectivity index (χ1n) is 11.5. The zero-order valence-electron chi connectivity index (χ0n) is 18.7. The average Bonchev–Trinajstić information content (AvgIpc) is 3.47. The van der Waals surface area contributed by atoms with Crippen LogP contribution in [0.3, 0.4) is 0 Å². The molecule has 6 rings (SSSR count). The van der Waals surface area contributed by atoms with Gasteiger partial charge >= 0.3 is 0 Å². The van der Waals surface area contributed by atoms with Crippen LogP contribution < -0.4 is 0 Å². The molecule has 5 heteroatoms. The van der Waals surface area contributed by atoms with Crippen molar-refractivity contribution in [3.63, 3.8) is 0 Å². The topological polar surface area (TPSA) is 52.2 Å². The van der Waals surface area contributed by atoms with Crippen molar-refractivity contribution in [3.05, 3.63) is 95.5 Å². The van der Waals surface area contributed by atoms with Crippen molar-refractivity contribution >= 4 is 22.4 Å². The van der Waals surface area contributed by atoms with Crippen LogP contribution in [0.2, 0.25) is 0 Å². The van der Waals surface area contributed by atoms with E-state index < -0.39 is 0 Å². The lowest BCUT2D eigenvalue weighted by atomic mass is 9.96. The normalized spacial score (nSPS) is 16.3. The lowest BCUT2D eigenvalue weighted by Gasteiger charge is -2.32. The summed E-state index contributed by atoms with van der Waals surface area (Å²) < 4.78 is 0. The number of nitrogens with one attached hydrogen (secondary N) is 1. The predicted octanol–water partition coefficient (Wildman–Crippen LogP) is 4.49. The second-order valence-corrected chi connectivity index (χ2v) is 9.05. The number of piperazine rings is 1. The SMILES string of the molecule is CN1CCN(Cc2cccc(-c3cnc4c(c3)C(c3ccc5[nH]ccc5c3)=CC4)c2)CC1=O. The minimum Gasteiger partial charge on any atom is -0.361 e. The molecule has 1 saturated heterocycles. The highest BCUT2D eigenvalue weighted by atomic mass is 16.2. The van der Waals surface area contributed by atoms with Gasteiger partial charge in [0.15, 0.2) is 0 Å². The number of rotatable bonds is 4. The summed E-state index contributed by atoms with van der Waals surface area (Å²) in [6, 6.07) is 19.6. The Hall–Kier alpha value is -3.70. The van der Waals surface area contributed by atoms with Gasteiger partial charge in [0.1, 0.15) is 0 Å². The molecule has 1 aliphatic carbocycles. The van der Waals surface area contributed by atoms with Gasteiger partial charge in [0.05, 0.1) is 12.2 Å². The molecule has 164 valence electrons. The maximum Gasteiger partial charge on any atom is 0.236 e. The van der Waals surface area contributed by atoms with Gasteiger partial charge < -0.3 is 9.88 Å². The lowest BCUT2D eigenvalue weighted by Crippen LogP contribution is -2.47. The summed E-state index contributed by atoms with van der Waals surface area (Å²) in [6.45, 7) is 2.97. The number of carbonyl (C=O) groups excluding carboxylic acids is 1. The molecule has 0 radical (unpaired) electrons. The van der Waals surface area contributed by atoms with Gasteiger partial charge in [0, 0.05) is 62.1 Å². The van der Waals surface area contributed by atoms with Gasteiger partial charge in [-0.1, -0.05) is 30.3 Å². The number of nitrogens with zero attached hydrogens (tertiary/aromatic N) is 3. The van der Waals surface area contributed by atoms with Gasteiger partial charge in [-0.25, -0.2) is 0 Å². The van der Waals surface area contributed by atoms with Gasteiger partial charge in [0.25, 0.3) is 0 Å². The molecule has 0 atom stereocenters. The van der Waals surface area contributed by atoms with E-state index in [0.717, 1.165) is 48.4 Å². The Morgan fingerprint density at radius 2 is 1.94 bits per heavy atom. The number of allylic oxidation sites excluding steroid dienone is 1. The van der Waals surface area contributed by atoms with Gasteiger partial charge in [-0.15, -0.1) is 0 Å². The van der Waals surface area contributed by atoms with Crippen molar-refractivity contribution in [1.29, 1.82) is 0 Å². The molecule has 3 heterocycles. The Bertz CT molecular complexity index is 1400. The molecule has 2 aromatic heterocycles. The van der Waals surface area contributed by atoms with Crippen molar-refractivity contribution in [3.8, 4) is 11.1 Å². The molecular formula is C28H26N4O. The lowest BCUT2D eigenvalue weighted by molar-refractivity contribution is -0.134. The molecule has 5 nitrogen and oxygen atoms in total. The Kier molecular flexibility index (Phi) is 4.84. The van der Waals surface area contributed by atoms with Crippen LogP contribution in [0, 0.1) is 0 Å². The number of amides is 1. The number of fused-ring (bicyclic) bond motifs is 2. The van der Waals surface area contributed by atoms with Crippen molar-refractivity contribution in [2.45, 2.75) is 13.0 Å². The first-order valence-corrected chi connectivity index (χ1v) is 11.5. The van der Waals surface area contributed by atoms with Crippen LogP contribution >= 0.6 is 0 Å². The number of benzene rings is 2. The third-order valence-corrected chi connectivity index (χ3v) is 6.83. The van der Waals surface area contributed by atoms with Gasteiger partial charge in [-0.2, -0.15) is 0 Å². The third kappa shape index (κ3) is 3.74. The fourth-order valence-corrected chi connectivity index (χ4v) is 4.90. The largest absolute Gasteiger partial charge is 0.361 e. The Morgan fingerprint density at radius 3 is 2.85 bits per heavy atom. The molecule has 1 amide bonds. The van der Waals surface area contributed by atoms with Gasteiger partial charge in [0.2, 0.25) is 5.91 Å². The molecule has 2 aliphatic rings. The second-order valence-electron chi connectivity index (χ2n) is 9.05. The summed E-state index contributed by atoms with van der Waals surface area (Å²) in [5.74, 6) is 0.192. The Labute approximate surface area is 193 Å². The summed E-state index contributed by atoms with van der Waals surface area (Å²) in [7, 11) is 1.88. The van der Waals surface area contributed by atoms with E-state index in [1.807, 2.05) is 24.3 Å². The van der Waals surface area contributed by atoms with Crippen molar-refractivity contribution < 1.29 is 4.79 Å². The first-order chi connectivity index (χ1) is 16.1. The number of aromatic amines is 1. The van der Waals surface area contributed by atoms with Crippen LogP contribution in [0.1, 0.15) is 22.4 Å². The van der Waals surface area contributed by atoms with Crippen molar-refractivity contribution in [2.24, 2.45) is 0 Å². The van der Waals surface area contributed by atoms with Gasteiger partial charge in [-0.3, -0.25) is 14.7 Å². The number of H-pyrrole nitrogens is 1. The van der Waals surface area contributed by atoms with E-state index in [1.54, 1.807) is 0 Å². The van der Waals surface area contributed by atoms with Crippen LogP contribution in [0.4, 0.5) is 0 Å². The van der Waals surface area contributed by atoms with Crippen LogP contribution in [0.25, 0.3) is 27.6 Å². The quantitative estimate of drug-likeness (QED) is 0.515. The highest BCUT2D eigenvalue weighted by molar-refractivity contribution is 5.91. The first kappa shape index (κ1) is 19.9. The minimum atomic E-state index is 0.192. The van der Waals surface area contributed by atoms with E-state index in [2.05, 4.69) is 70.6 Å². The van der Waals surface area contributed by atoms with Crippen molar-refractivity contribution in [1.82, 2.24) is 19.8 Å². The molecule has 0 bridgehead atoms. The van der Waals surface area contributed by atoms with Crippen LogP contribution in [0.15, 0.2) is 73.1 Å². The number of pyridine rings is 1. The second kappa shape index (κ2) is 8.01. The zero-order chi connectivity index (χ0) is 22.4. The van der Waals surface area contributed by atoms with Crippen molar-refractivity contribution in [2.75, 3.05) is 26.7 Å². The van der Waals surface area contributed by atoms with E-state index >= 15 is 0 Å². The summed E-state index contributed by atoms with van der Waals surface area (Å²) in [5, 5.41) is 1.22.